The molecule has 0 saturated heterocycles. The molecule has 1 rings (SSSR count). The molecule has 0 aliphatic heterocycles. The van der Waals surface area contributed by atoms with Gasteiger partial charge in [-0.15, -0.1) is 0 Å². The third-order valence-electron chi connectivity index (χ3n) is 2.77. The largest absolute Gasteiger partial charge is 0.488 e. The number of hydrogen-bond acceptors (Lipinski definition) is 5. The SMILES string of the molecule is CCOC(COc1cc([N+](=O)[O-])c(C)cc1C)OCC. The molecule has 6 heteroatoms. The average Bonchev–Trinajstić information content (AvgIpc) is 2.37. The maximum Gasteiger partial charge on any atom is 0.276 e. The van der Waals surface area contributed by atoms with Gasteiger partial charge in [0.2, 0.25) is 0 Å². The first-order valence-electron chi connectivity index (χ1n) is 6.61. The summed E-state index contributed by atoms with van der Waals surface area (Å²) < 4.78 is 16.3. The van der Waals surface area contributed by atoms with E-state index in [1.807, 2.05) is 20.8 Å². The van der Waals surface area contributed by atoms with Gasteiger partial charge in [-0.05, 0) is 39.3 Å². The number of nitrogens with zero attached hydrogens (tertiary/aromatic N) is 1. The van der Waals surface area contributed by atoms with E-state index >= 15 is 0 Å². The molecule has 0 N–H and O–H groups in total. The molecule has 1 aromatic carbocycles. The quantitative estimate of drug-likeness (QED) is 0.416. The second kappa shape index (κ2) is 7.81. The number of rotatable bonds is 8. The Morgan fingerprint density at radius 3 is 2.25 bits per heavy atom. The van der Waals surface area contributed by atoms with Gasteiger partial charge in [0.15, 0.2) is 6.29 Å². The highest BCUT2D eigenvalue weighted by molar-refractivity contribution is 5.49. The third kappa shape index (κ3) is 4.47. The number of nitro groups is 1. The smallest absolute Gasteiger partial charge is 0.276 e. The van der Waals surface area contributed by atoms with Crippen molar-refractivity contribution in [1.82, 2.24) is 0 Å². The summed E-state index contributed by atoms with van der Waals surface area (Å²) in [5.74, 6) is 0.478. The van der Waals surface area contributed by atoms with Gasteiger partial charge in [0.05, 0.1) is 11.0 Å². The van der Waals surface area contributed by atoms with Gasteiger partial charge in [-0.1, -0.05) is 0 Å². The molecule has 0 aliphatic rings. The van der Waals surface area contributed by atoms with E-state index in [1.165, 1.54) is 6.07 Å². The zero-order valence-corrected chi connectivity index (χ0v) is 12.3. The lowest BCUT2D eigenvalue weighted by Crippen LogP contribution is -2.25. The molecule has 6 nitrogen and oxygen atoms in total. The van der Waals surface area contributed by atoms with E-state index < -0.39 is 11.2 Å². The molecule has 0 unspecified atom stereocenters. The van der Waals surface area contributed by atoms with Gasteiger partial charge in [-0.2, -0.15) is 0 Å². The van der Waals surface area contributed by atoms with Gasteiger partial charge in [-0.3, -0.25) is 10.1 Å². The van der Waals surface area contributed by atoms with Crippen molar-refractivity contribution in [2.24, 2.45) is 0 Å². The van der Waals surface area contributed by atoms with Crippen molar-refractivity contribution in [3.63, 3.8) is 0 Å². The van der Waals surface area contributed by atoms with Gasteiger partial charge in [0.1, 0.15) is 12.4 Å². The van der Waals surface area contributed by atoms with Crippen LogP contribution < -0.4 is 4.74 Å². The standard InChI is InChI=1S/C14H21NO5/c1-5-18-14(19-6-2)9-20-13-8-12(15(16)17)10(3)7-11(13)4/h7-8,14H,5-6,9H2,1-4H3. The molecule has 0 spiro atoms. The lowest BCUT2D eigenvalue weighted by molar-refractivity contribution is -0.385. The third-order valence-corrected chi connectivity index (χ3v) is 2.77. The highest BCUT2D eigenvalue weighted by atomic mass is 16.7. The van der Waals surface area contributed by atoms with Gasteiger partial charge >= 0.3 is 0 Å². The fraction of sp³-hybridized carbons (Fsp3) is 0.571. The van der Waals surface area contributed by atoms with Crippen molar-refractivity contribution >= 4 is 5.69 Å². The van der Waals surface area contributed by atoms with Gasteiger partial charge in [-0.25, -0.2) is 0 Å². The maximum absolute atomic E-state index is 10.9. The molecule has 0 heterocycles. The molecule has 0 atom stereocenters. The molecular weight excluding hydrogens is 262 g/mol. The average molecular weight is 283 g/mol. The van der Waals surface area contributed by atoms with Crippen molar-refractivity contribution in [3.8, 4) is 5.75 Å². The summed E-state index contributed by atoms with van der Waals surface area (Å²) in [5, 5.41) is 10.9. The van der Waals surface area contributed by atoms with Gasteiger partial charge in [0, 0.05) is 18.8 Å². The summed E-state index contributed by atoms with van der Waals surface area (Å²) in [6, 6.07) is 3.18. The summed E-state index contributed by atoms with van der Waals surface area (Å²) >= 11 is 0. The molecule has 0 saturated carbocycles. The van der Waals surface area contributed by atoms with E-state index in [9.17, 15) is 10.1 Å². The molecular formula is C14H21NO5. The molecule has 20 heavy (non-hydrogen) atoms. The number of aryl methyl sites for hydroxylation is 2. The predicted molar refractivity (Wildman–Crippen MR) is 75.1 cm³/mol. The van der Waals surface area contributed by atoms with Crippen LogP contribution in [0.5, 0.6) is 5.75 Å². The summed E-state index contributed by atoms with van der Waals surface area (Å²) in [6.45, 7) is 8.52. The summed E-state index contributed by atoms with van der Waals surface area (Å²) in [5.41, 5.74) is 1.51. The number of ether oxygens (including phenoxy) is 3. The Balaban J connectivity index is 2.81. The summed E-state index contributed by atoms with van der Waals surface area (Å²) in [7, 11) is 0. The van der Waals surface area contributed by atoms with Crippen LogP contribution in [-0.4, -0.2) is 31.0 Å². The highest BCUT2D eigenvalue weighted by Crippen LogP contribution is 2.28. The minimum atomic E-state index is -0.468. The van der Waals surface area contributed by atoms with Crippen LogP contribution in [0.1, 0.15) is 25.0 Å². The highest BCUT2D eigenvalue weighted by Gasteiger charge is 2.16. The first kappa shape index (κ1) is 16.4. The second-order valence-corrected chi connectivity index (χ2v) is 4.31. The first-order valence-corrected chi connectivity index (χ1v) is 6.61. The Bertz CT molecular complexity index is 455. The lowest BCUT2D eigenvalue weighted by atomic mass is 10.1. The van der Waals surface area contributed by atoms with Crippen molar-refractivity contribution in [1.29, 1.82) is 0 Å². The topological polar surface area (TPSA) is 70.8 Å². The lowest BCUT2D eigenvalue weighted by Gasteiger charge is -2.18. The Hall–Kier alpha value is -1.66. The Morgan fingerprint density at radius 1 is 1.15 bits per heavy atom. The fourth-order valence-corrected chi connectivity index (χ4v) is 1.85. The minimum Gasteiger partial charge on any atom is -0.488 e. The fourth-order valence-electron chi connectivity index (χ4n) is 1.85. The zero-order valence-electron chi connectivity index (χ0n) is 12.3. The van der Waals surface area contributed by atoms with Crippen molar-refractivity contribution in [2.75, 3.05) is 19.8 Å². The molecule has 0 fully saturated rings. The first-order chi connectivity index (χ1) is 9.49. The van der Waals surface area contributed by atoms with E-state index in [2.05, 4.69) is 0 Å². The predicted octanol–water partition coefficient (Wildman–Crippen LogP) is 2.99. The van der Waals surface area contributed by atoms with Crippen LogP contribution in [0.15, 0.2) is 12.1 Å². The maximum atomic E-state index is 10.9. The minimum absolute atomic E-state index is 0.0509. The normalized spacial score (nSPS) is 10.8. The molecule has 1 aromatic rings. The van der Waals surface area contributed by atoms with Crippen LogP contribution in [0.3, 0.4) is 0 Å². The van der Waals surface area contributed by atoms with Gasteiger partial charge < -0.3 is 14.2 Å². The van der Waals surface area contributed by atoms with Crippen LogP contribution >= 0.6 is 0 Å². The molecule has 112 valence electrons. The monoisotopic (exact) mass is 283 g/mol. The van der Waals surface area contributed by atoms with E-state index in [4.69, 9.17) is 14.2 Å². The molecule has 0 radical (unpaired) electrons. The number of hydrogen-bond donors (Lipinski definition) is 0. The Morgan fingerprint density at radius 2 is 1.75 bits per heavy atom. The molecule has 0 amide bonds. The Kier molecular flexibility index (Phi) is 6.41. The van der Waals surface area contributed by atoms with E-state index in [1.54, 1.807) is 13.0 Å². The molecule has 0 bridgehead atoms. The van der Waals surface area contributed by atoms with Gasteiger partial charge in [0.25, 0.3) is 5.69 Å². The van der Waals surface area contributed by atoms with E-state index in [0.29, 0.717) is 24.5 Å². The summed E-state index contributed by atoms with van der Waals surface area (Å²) in [4.78, 5) is 10.5. The number of nitro benzene ring substituents is 1. The zero-order chi connectivity index (χ0) is 15.1. The van der Waals surface area contributed by atoms with Crippen molar-refractivity contribution < 1.29 is 19.1 Å². The van der Waals surface area contributed by atoms with Crippen LogP contribution in [-0.2, 0) is 9.47 Å². The van der Waals surface area contributed by atoms with Crippen molar-refractivity contribution in [2.45, 2.75) is 34.0 Å². The van der Waals surface area contributed by atoms with Crippen LogP contribution in [0.2, 0.25) is 0 Å². The van der Waals surface area contributed by atoms with E-state index in [0.717, 1.165) is 5.56 Å². The second-order valence-electron chi connectivity index (χ2n) is 4.31. The van der Waals surface area contributed by atoms with Crippen LogP contribution in [0.25, 0.3) is 0 Å². The van der Waals surface area contributed by atoms with Crippen LogP contribution in [0, 0.1) is 24.0 Å². The Labute approximate surface area is 118 Å². The van der Waals surface area contributed by atoms with Crippen LogP contribution in [0.4, 0.5) is 5.69 Å². The van der Waals surface area contributed by atoms with E-state index in [-0.39, 0.29) is 12.3 Å². The van der Waals surface area contributed by atoms with Crippen molar-refractivity contribution in [3.05, 3.63) is 33.4 Å². The molecule has 0 aromatic heterocycles. The number of benzene rings is 1. The molecule has 0 aliphatic carbocycles. The summed E-state index contributed by atoms with van der Waals surface area (Å²) in [6.07, 6.45) is -0.468.